The molecule has 1 saturated heterocycles. The Hall–Kier alpha value is -2.84. The van der Waals surface area contributed by atoms with Gasteiger partial charge >= 0.3 is 0 Å². The van der Waals surface area contributed by atoms with E-state index in [9.17, 15) is 8.78 Å². The third-order valence-electron chi connectivity index (χ3n) is 4.78. The second-order valence-electron chi connectivity index (χ2n) is 6.81. The van der Waals surface area contributed by atoms with E-state index in [0.717, 1.165) is 62.3 Å². The topological polar surface area (TPSA) is 59.5 Å². The maximum absolute atomic E-state index is 13.5. The van der Waals surface area contributed by atoms with Crippen LogP contribution in [0.2, 0.25) is 0 Å². The summed E-state index contributed by atoms with van der Waals surface area (Å²) < 4.78 is 37.9. The lowest BCUT2D eigenvalue weighted by Gasteiger charge is -2.26. The van der Waals surface area contributed by atoms with E-state index in [-0.39, 0.29) is 0 Å². The molecule has 29 heavy (non-hydrogen) atoms. The van der Waals surface area contributed by atoms with Gasteiger partial charge in [-0.2, -0.15) is 0 Å². The fourth-order valence-electron chi connectivity index (χ4n) is 3.24. The first-order valence-corrected chi connectivity index (χ1v) is 9.59. The zero-order valence-corrected chi connectivity index (χ0v) is 15.9. The van der Waals surface area contributed by atoms with Crippen LogP contribution in [0.15, 0.2) is 42.7 Å². The summed E-state index contributed by atoms with van der Waals surface area (Å²) in [5.41, 5.74) is 1.13. The molecule has 2 heterocycles. The fourth-order valence-corrected chi connectivity index (χ4v) is 3.24. The van der Waals surface area contributed by atoms with Crippen LogP contribution in [0.3, 0.4) is 0 Å². The number of anilines is 2. The molecule has 152 valence electrons. The summed E-state index contributed by atoms with van der Waals surface area (Å²) in [4.78, 5) is 10.9. The van der Waals surface area contributed by atoms with E-state index < -0.39 is 11.6 Å². The molecule has 0 bridgehead atoms. The third-order valence-corrected chi connectivity index (χ3v) is 4.78. The van der Waals surface area contributed by atoms with Crippen LogP contribution in [0.4, 0.5) is 20.3 Å². The smallest absolute Gasteiger partial charge is 0.160 e. The van der Waals surface area contributed by atoms with Gasteiger partial charge in [0.2, 0.25) is 0 Å². The average molecular weight is 400 g/mol. The van der Waals surface area contributed by atoms with Crippen LogP contribution in [-0.2, 0) is 4.74 Å². The van der Waals surface area contributed by atoms with Gasteiger partial charge in [-0.3, -0.25) is 4.90 Å². The summed E-state index contributed by atoms with van der Waals surface area (Å²) in [5.74, 6) is -0.601. The number of hydrogen-bond acceptors (Lipinski definition) is 6. The lowest BCUT2D eigenvalue weighted by Crippen LogP contribution is -2.37. The SMILES string of the molecule is Fc1ccc(Nc2ncnc3ccc(OCCCN4CCOCC4)cc23)cc1F. The van der Waals surface area contributed by atoms with Crippen LogP contribution < -0.4 is 10.1 Å². The molecule has 2 aromatic carbocycles. The quantitative estimate of drug-likeness (QED) is 0.610. The lowest BCUT2D eigenvalue weighted by molar-refractivity contribution is 0.0358. The van der Waals surface area contributed by atoms with Crippen molar-refractivity contribution in [1.82, 2.24) is 14.9 Å². The number of rotatable bonds is 7. The second kappa shape index (κ2) is 9.11. The molecule has 1 fully saturated rings. The zero-order chi connectivity index (χ0) is 20.1. The Morgan fingerprint density at radius 3 is 2.72 bits per heavy atom. The van der Waals surface area contributed by atoms with Crippen molar-refractivity contribution in [3.05, 3.63) is 54.4 Å². The van der Waals surface area contributed by atoms with Gasteiger partial charge < -0.3 is 14.8 Å². The molecule has 8 heteroatoms. The van der Waals surface area contributed by atoms with Gasteiger partial charge in [0, 0.05) is 36.8 Å². The molecule has 0 radical (unpaired) electrons. The van der Waals surface area contributed by atoms with Gasteiger partial charge in [-0.1, -0.05) is 0 Å². The maximum Gasteiger partial charge on any atom is 0.160 e. The molecule has 1 aliphatic heterocycles. The first-order chi connectivity index (χ1) is 14.2. The minimum atomic E-state index is -0.919. The van der Waals surface area contributed by atoms with Crippen LogP contribution in [0.1, 0.15) is 6.42 Å². The second-order valence-corrected chi connectivity index (χ2v) is 6.81. The Morgan fingerprint density at radius 2 is 1.90 bits per heavy atom. The minimum Gasteiger partial charge on any atom is -0.494 e. The highest BCUT2D eigenvalue weighted by molar-refractivity contribution is 5.91. The van der Waals surface area contributed by atoms with Crippen molar-refractivity contribution in [2.45, 2.75) is 6.42 Å². The van der Waals surface area contributed by atoms with Crippen molar-refractivity contribution in [2.24, 2.45) is 0 Å². The van der Waals surface area contributed by atoms with E-state index in [1.54, 1.807) is 0 Å². The van der Waals surface area contributed by atoms with Gasteiger partial charge in [0.05, 0.1) is 25.3 Å². The molecule has 0 amide bonds. The fraction of sp³-hybridized carbons (Fsp3) is 0.333. The van der Waals surface area contributed by atoms with Crippen molar-refractivity contribution in [1.29, 1.82) is 0 Å². The Morgan fingerprint density at radius 1 is 1.03 bits per heavy atom. The summed E-state index contributed by atoms with van der Waals surface area (Å²) in [6.45, 7) is 5.09. The van der Waals surface area contributed by atoms with Crippen molar-refractivity contribution in [3.8, 4) is 5.75 Å². The average Bonchev–Trinajstić information content (AvgIpc) is 2.75. The molecule has 3 aromatic rings. The summed E-state index contributed by atoms with van der Waals surface area (Å²) in [7, 11) is 0. The highest BCUT2D eigenvalue weighted by atomic mass is 19.2. The Bertz CT molecular complexity index is 980. The van der Waals surface area contributed by atoms with Gasteiger partial charge in [0.25, 0.3) is 0 Å². The predicted octanol–water partition coefficient (Wildman–Crippen LogP) is 3.75. The number of hydrogen-bond donors (Lipinski definition) is 1. The monoisotopic (exact) mass is 400 g/mol. The highest BCUT2D eigenvalue weighted by Crippen LogP contribution is 2.27. The van der Waals surface area contributed by atoms with Gasteiger partial charge in [0.1, 0.15) is 17.9 Å². The predicted molar refractivity (Wildman–Crippen MR) is 107 cm³/mol. The molecule has 6 nitrogen and oxygen atoms in total. The van der Waals surface area contributed by atoms with E-state index in [2.05, 4.69) is 20.2 Å². The van der Waals surface area contributed by atoms with Gasteiger partial charge in [-0.05, 0) is 36.8 Å². The molecule has 0 atom stereocenters. The number of fused-ring (bicyclic) bond motifs is 1. The highest BCUT2D eigenvalue weighted by Gasteiger charge is 2.10. The van der Waals surface area contributed by atoms with E-state index in [1.807, 2.05) is 18.2 Å². The van der Waals surface area contributed by atoms with Gasteiger partial charge in [-0.25, -0.2) is 18.7 Å². The van der Waals surface area contributed by atoms with Crippen molar-refractivity contribution < 1.29 is 18.3 Å². The first kappa shape index (κ1) is 19.5. The van der Waals surface area contributed by atoms with E-state index >= 15 is 0 Å². The summed E-state index contributed by atoms with van der Waals surface area (Å²) in [5, 5.41) is 3.76. The summed E-state index contributed by atoms with van der Waals surface area (Å²) >= 11 is 0. The Kier molecular flexibility index (Phi) is 6.12. The Labute approximate surface area is 167 Å². The van der Waals surface area contributed by atoms with E-state index in [1.165, 1.54) is 12.4 Å². The molecule has 1 N–H and O–H groups in total. The number of halogens is 2. The molecular formula is C21H22F2N4O2. The standard InChI is InChI=1S/C21H22F2N4O2/c22-18-4-2-15(12-19(18)23)26-21-17-13-16(3-5-20(17)24-14-25-21)29-9-1-6-27-7-10-28-11-8-27/h2-5,12-14H,1,6-11H2,(H,24,25,26). The number of nitrogens with zero attached hydrogens (tertiary/aromatic N) is 3. The van der Waals surface area contributed by atoms with E-state index in [4.69, 9.17) is 9.47 Å². The number of morpholine rings is 1. The molecule has 0 aliphatic carbocycles. The van der Waals surface area contributed by atoms with E-state index in [0.29, 0.717) is 23.9 Å². The maximum atomic E-state index is 13.5. The molecule has 1 aromatic heterocycles. The van der Waals surface area contributed by atoms with Crippen LogP contribution in [0, 0.1) is 11.6 Å². The molecule has 0 saturated carbocycles. The van der Waals surface area contributed by atoms with Gasteiger partial charge in [-0.15, -0.1) is 0 Å². The molecule has 0 spiro atoms. The molecular weight excluding hydrogens is 378 g/mol. The number of ether oxygens (including phenoxy) is 2. The normalized spacial score (nSPS) is 14.8. The summed E-state index contributed by atoms with van der Waals surface area (Å²) in [6, 6.07) is 9.19. The number of nitrogens with one attached hydrogen (secondary N) is 1. The Balaban J connectivity index is 1.43. The third kappa shape index (κ3) is 4.96. The van der Waals surface area contributed by atoms with Crippen LogP contribution in [-0.4, -0.2) is 54.3 Å². The number of aromatic nitrogens is 2. The first-order valence-electron chi connectivity index (χ1n) is 9.59. The van der Waals surface area contributed by atoms with Crippen LogP contribution in [0.5, 0.6) is 5.75 Å². The van der Waals surface area contributed by atoms with Crippen LogP contribution in [0.25, 0.3) is 10.9 Å². The van der Waals surface area contributed by atoms with Crippen LogP contribution >= 0.6 is 0 Å². The molecule has 4 rings (SSSR count). The largest absolute Gasteiger partial charge is 0.494 e. The lowest BCUT2D eigenvalue weighted by atomic mass is 10.2. The van der Waals surface area contributed by atoms with Crippen molar-refractivity contribution >= 4 is 22.4 Å². The molecule has 0 unspecified atom stereocenters. The number of benzene rings is 2. The minimum absolute atomic E-state index is 0.403. The zero-order valence-electron chi connectivity index (χ0n) is 15.9. The summed E-state index contributed by atoms with van der Waals surface area (Å²) in [6.07, 6.45) is 2.34. The van der Waals surface area contributed by atoms with Crippen molar-refractivity contribution in [2.75, 3.05) is 44.8 Å². The van der Waals surface area contributed by atoms with Gasteiger partial charge in [0.15, 0.2) is 11.6 Å². The molecule has 1 aliphatic rings. The van der Waals surface area contributed by atoms with Crippen molar-refractivity contribution in [3.63, 3.8) is 0 Å².